The van der Waals surface area contributed by atoms with Crippen LogP contribution in [0.15, 0.2) is 59.8 Å². The second-order valence-electron chi connectivity index (χ2n) is 6.24. The quantitative estimate of drug-likeness (QED) is 0.563. The molecule has 6 nitrogen and oxygen atoms in total. The van der Waals surface area contributed by atoms with E-state index in [2.05, 4.69) is 15.5 Å². The number of carbonyl (C=O) groups excluding carboxylic acids is 1. The third kappa shape index (κ3) is 5.08. The van der Waals surface area contributed by atoms with Crippen LogP contribution in [0.25, 0.3) is 5.69 Å². The summed E-state index contributed by atoms with van der Waals surface area (Å²) in [6.07, 6.45) is 0. The van der Waals surface area contributed by atoms with Crippen molar-refractivity contribution < 1.29 is 4.79 Å². The fraction of sp³-hybridized carbons (Fsp3) is 0.263. The van der Waals surface area contributed by atoms with E-state index in [0.717, 1.165) is 11.3 Å². The number of hydrogen-bond acceptors (Lipinski definition) is 5. The number of hydrogen-bond donors (Lipinski definition) is 0. The molecule has 140 valence electrons. The molecule has 0 spiro atoms. The second kappa shape index (κ2) is 9.01. The van der Waals surface area contributed by atoms with Gasteiger partial charge in [-0.2, -0.15) is 4.68 Å². The average molecular weight is 402 g/mol. The summed E-state index contributed by atoms with van der Waals surface area (Å²) in [4.78, 5) is 14.6. The predicted octanol–water partition coefficient (Wildman–Crippen LogP) is 3.85. The van der Waals surface area contributed by atoms with Crippen LogP contribution in [0.5, 0.6) is 0 Å². The lowest BCUT2D eigenvalue weighted by molar-refractivity contribution is -0.130. The van der Waals surface area contributed by atoms with Gasteiger partial charge in [0.2, 0.25) is 11.1 Å². The van der Waals surface area contributed by atoms with Crippen molar-refractivity contribution in [2.45, 2.75) is 31.6 Å². The van der Waals surface area contributed by atoms with Crippen molar-refractivity contribution in [3.63, 3.8) is 0 Å². The van der Waals surface area contributed by atoms with Gasteiger partial charge in [0.1, 0.15) is 0 Å². The van der Waals surface area contributed by atoms with Gasteiger partial charge in [0.15, 0.2) is 0 Å². The largest absolute Gasteiger partial charge is 0.335 e. The van der Waals surface area contributed by atoms with Crippen LogP contribution in [0.2, 0.25) is 5.02 Å². The highest BCUT2D eigenvalue weighted by Gasteiger charge is 2.19. The van der Waals surface area contributed by atoms with Gasteiger partial charge >= 0.3 is 0 Å². The molecule has 27 heavy (non-hydrogen) atoms. The van der Waals surface area contributed by atoms with Crippen molar-refractivity contribution in [3.05, 3.63) is 65.2 Å². The average Bonchev–Trinajstić information content (AvgIpc) is 3.14. The van der Waals surface area contributed by atoms with Crippen LogP contribution in [0, 0.1) is 0 Å². The topological polar surface area (TPSA) is 63.9 Å². The van der Waals surface area contributed by atoms with Crippen molar-refractivity contribution in [1.29, 1.82) is 0 Å². The van der Waals surface area contributed by atoms with Crippen molar-refractivity contribution in [2.75, 3.05) is 5.75 Å². The first-order valence-corrected chi connectivity index (χ1v) is 9.91. The highest BCUT2D eigenvalue weighted by Crippen LogP contribution is 2.21. The zero-order chi connectivity index (χ0) is 19.2. The van der Waals surface area contributed by atoms with E-state index in [4.69, 9.17) is 11.6 Å². The van der Waals surface area contributed by atoms with E-state index in [1.807, 2.05) is 61.2 Å². The zero-order valence-corrected chi connectivity index (χ0v) is 16.7. The Morgan fingerprint density at radius 2 is 1.85 bits per heavy atom. The van der Waals surface area contributed by atoms with Gasteiger partial charge in [0, 0.05) is 17.6 Å². The van der Waals surface area contributed by atoms with Gasteiger partial charge in [-0.05, 0) is 54.1 Å². The SMILES string of the molecule is CC(C)N(Cc1ccccc1)C(=O)CSc1nnnn1-c1ccc(Cl)cc1. The highest BCUT2D eigenvalue weighted by molar-refractivity contribution is 7.99. The summed E-state index contributed by atoms with van der Waals surface area (Å²) < 4.78 is 1.60. The summed E-state index contributed by atoms with van der Waals surface area (Å²) in [5.74, 6) is 0.309. The fourth-order valence-electron chi connectivity index (χ4n) is 2.56. The van der Waals surface area contributed by atoms with Gasteiger partial charge in [-0.1, -0.05) is 53.7 Å². The number of benzene rings is 2. The van der Waals surface area contributed by atoms with Crippen molar-refractivity contribution in [1.82, 2.24) is 25.1 Å². The van der Waals surface area contributed by atoms with Gasteiger partial charge in [0.05, 0.1) is 11.4 Å². The lowest BCUT2D eigenvalue weighted by Crippen LogP contribution is -2.37. The van der Waals surface area contributed by atoms with Crippen LogP contribution < -0.4 is 0 Å². The monoisotopic (exact) mass is 401 g/mol. The Labute approximate surface area is 167 Å². The number of nitrogens with zero attached hydrogens (tertiary/aromatic N) is 5. The Balaban J connectivity index is 1.67. The predicted molar refractivity (Wildman–Crippen MR) is 107 cm³/mol. The molecule has 0 radical (unpaired) electrons. The van der Waals surface area contributed by atoms with E-state index in [1.165, 1.54) is 11.8 Å². The first-order chi connectivity index (χ1) is 13.0. The number of thioether (sulfide) groups is 1. The van der Waals surface area contributed by atoms with E-state index < -0.39 is 0 Å². The molecule has 0 N–H and O–H groups in total. The van der Waals surface area contributed by atoms with Gasteiger partial charge in [0.25, 0.3) is 0 Å². The maximum atomic E-state index is 12.8. The minimum absolute atomic E-state index is 0.0458. The minimum Gasteiger partial charge on any atom is -0.335 e. The molecule has 3 rings (SSSR count). The number of rotatable bonds is 7. The standard InChI is InChI=1S/C19H20ClN5OS/c1-14(2)24(12-15-6-4-3-5-7-15)18(26)13-27-19-21-22-23-25(19)17-10-8-16(20)9-11-17/h3-11,14H,12-13H2,1-2H3. The molecule has 1 amide bonds. The molecule has 2 aromatic carbocycles. The summed E-state index contributed by atoms with van der Waals surface area (Å²) in [5.41, 5.74) is 1.90. The molecule has 0 aliphatic rings. The van der Waals surface area contributed by atoms with Crippen molar-refractivity contribution in [2.24, 2.45) is 0 Å². The van der Waals surface area contributed by atoms with Crippen LogP contribution in [-0.4, -0.2) is 42.8 Å². The third-order valence-corrected chi connectivity index (χ3v) is 5.13. The Morgan fingerprint density at radius 3 is 2.52 bits per heavy atom. The summed E-state index contributed by atoms with van der Waals surface area (Å²) >= 11 is 7.25. The smallest absolute Gasteiger partial charge is 0.233 e. The maximum absolute atomic E-state index is 12.8. The molecular formula is C19H20ClN5OS. The number of tetrazole rings is 1. The van der Waals surface area contributed by atoms with Crippen LogP contribution in [0.1, 0.15) is 19.4 Å². The van der Waals surface area contributed by atoms with Crippen LogP contribution in [-0.2, 0) is 11.3 Å². The molecule has 1 aromatic heterocycles. The van der Waals surface area contributed by atoms with Crippen LogP contribution >= 0.6 is 23.4 Å². The number of aromatic nitrogens is 4. The Kier molecular flexibility index (Phi) is 6.47. The first kappa shape index (κ1) is 19.4. The maximum Gasteiger partial charge on any atom is 0.233 e. The lowest BCUT2D eigenvalue weighted by atomic mass is 10.2. The lowest BCUT2D eigenvalue weighted by Gasteiger charge is -2.26. The summed E-state index contributed by atoms with van der Waals surface area (Å²) in [6.45, 7) is 4.62. The number of carbonyl (C=O) groups is 1. The second-order valence-corrected chi connectivity index (χ2v) is 7.62. The molecular weight excluding hydrogens is 382 g/mol. The van der Waals surface area contributed by atoms with Crippen molar-refractivity contribution >= 4 is 29.3 Å². The number of amides is 1. The fourth-order valence-corrected chi connectivity index (χ4v) is 3.46. The Hall–Kier alpha value is -2.38. The third-order valence-electron chi connectivity index (χ3n) is 3.98. The van der Waals surface area contributed by atoms with E-state index >= 15 is 0 Å². The molecule has 0 atom stereocenters. The summed E-state index contributed by atoms with van der Waals surface area (Å²) in [5, 5.41) is 13.0. The molecule has 0 aliphatic heterocycles. The molecule has 0 aliphatic carbocycles. The molecule has 0 saturated heterocycles. The zero-order valence-electron chi connectivity index (χ0n) is 15.1. The summed E-state index contributed by atoms with van der Waals surface area (Å²) in [7, 11) is 0. The molecule has 3 aromatic rings. The van der Waals surface area contributed by atoms with Gasteiger partial charge in [-0.3, -0.25) is 4.79 Å². The Bertz CT molecular complexity index is 883. The molecule has 1 heterocycles. The van der Waals surface area contributed by atoms with Crippen LogP contribution in [0.3, 0.4) is 0 Å². The number of halogens is 1. The van der Waals surface area contributed by atoms with Gasteiger partial charge in [-0.25, -0.2) is 0 Å². The van der Waals surface area contributed by atoms with E-state index in [-0.39, 0.29) is 17.7 Å². The molecule has 0 fully saturated rings. The van der Waals surface area contributed by atoms with E-state index in [0.29, 0.717) is 16.7 Å². The van der Waals surface area contributed by atoms with Gasteiger partial charge < -0.3 is 4.90 Å². The van der Waals surface area contributed by atoms with Gasteiger partial charge in [-0.15, -0.1) is 5.10 Å². The van der Waals surface area contributed by atoms with E-state index in [9.17, 15) is 4.79 Å². The normalized spacial score (nSPS) is 11.0. The Morgan fingerprint density at radius 1 is 1.15 bits per heavy atom. The van der Waals surface area contributed by atoms with Crippen molar-refractivity contribution in [3.8, 4) is 5.69 Å². The van der Waals surface area contributed by atoms with Crippen LogP contribution in [0.4, 0.5) is 0 Å². The molecule has 0 saturated carbocycles. The molecule has 0 bridgehead atoms. The van der Waals surface area contributed by atoms with E-state index in [1.54, 1.807) is 16.8 Å². The highest BCUT2D eigenvalue weighted by atomic mass is 35.5. The summed E-state index contributed by atoms with van der Waals surface area (Å²) in [6, 6.07) is 17.3. The molecule has 8 heteroatoms. The molecule has 0 unspecified atom stereocenters. The minimum atomic E-state index is 0.0458. The first-order valence-electron chi connectivity index (χ1n) is 8.55.